The van der Waals surface area contributed by atoms with Crippen LogP contribution in [0.3, 0.4) is 0 Å². The van der Waals surface area contributed by atoms with E-state index in [4.69, 9.17) is 5.11 Å². The largest absolute Gasteiger partial charge is 0.395 e. The molecule has 1 fully saturated rings. The first-order valence-electron chi connectivity index (χ1n) is 6.11. The quantitative estimate of drug-likeness (QED) is 0.815. The lowest BCUT2D eigenvalue weighted by Gasteiger charge is -2.21. The van der Waals surface area contributed by atoms with Crippen molar-refractivity contribution in [2.75, 3.05) is 13.2 Å². The fourth-order valence-corrected chi connectivity index (χ4v) is 2.07. The summed E-state index contributed by atoms with van der Waals surface area (Å²) in [5.41, 5.74) is 1.51. The van der Waals surface area contributed by atoms with E-state index in [1.165, 1.54) is 0 Å². The van der Waals surface area contributed by atoms with Crippen molar-refractivity contribution in [2.24, 2.45) is 7.05 Å². The zero-order chi connectivity index (χ0) is 12.4. The summed E-state index contributed by atoms with van der Waals surface area (Å²) >= 11 is 0. The van der Waals surface area contributed by atoms with Crippen LogP contribution in [0.5, 0.6) is 0 Å². The number of aliphatic hydroxyl groups is 1. The molecule has 0 aromatic carbocycles. The zero-order valence-electron chi connectivity index (χ0n) is 10.4. The lowest BCUT2D eigenvalue weighted by Crippen LogP contribution is -2.35. The molecule has 1 saturated carbocycles. The minimum Gasteiger partial charge on any atom is -0.395 e. The smallest absolute Gasteiger partial charge is 0.257 e. The Labute approximate surface area is 101 Å². The van der Waals surface area contributed by atoms with Gasteiger partial charge < -0.3 is 10.0 Å². The number of aromatic nitrogens is 2. The van der Waals surface area contributed by atoms with Crippen molar-refractivity contribution >= 4 is 5.91 Å². The van der Waals surface area contributed by atoms with Crippen LogP contribution in [-0.2, 0) is 13.5 Å². The average molecular weight is 237 g/mol. The predicted molar refractivity (Wildman–Crippen MR) is 63.7 cm³/mol. The van der Waals surface area contributed by atoms with Gasteiger partial charge in [0.1, 0.15) is 0 Å². The van der Waals surface area contributed by atoms with Crippen LogP contribution in [0.25, 0.3) is 0 Å². The zero-order valence-corrected chi connectivity index (χ0v) is 10.4. The van der Waals surface area contributed by atoms with Crippen LogP contribution < -0.4 is 0 Å². The summed E-state index contributed by atoms with van der Waals surface area (Å²) in [7, 11) is 1.82. The molecule has 94 valence electrons. The van der Waals surface area contributed by atoms with Gasteiger partial charge in [0, 0.05) is 25.8 Å². The molecular formula is C12H19N3O2. The molecule has 0 aliphatic heterocycles. The summed E-state index contributed by atoms with van der Waals surface area (Å²) in [6, 6.07) is 0.319. The van der Waals surface area contributed by atoms with E-state index in [-0.39, 0.29) is 12.5 Å². The molecule has 17 heavy (non-hydrogen) atoms. The molecule has 5 heteroatoms. The number of carbonyl (C=O) groups is 1. The molecule has 0 unspecified atom stereocenters. The van der Waals surface area contributed by atoms with Crippen LogP contribution in [0, 0.1) is 0 Å². The number of hydrogen-bond acceptors (Lipinski definition) is 3. The molecule has 0 spiro atoms. The van der Waals surface area contributed by atoms with E-state index < -0.39 is 0 Å². The summed E-state index contributed by atoms with van der Waals surface area (Å²) in [4.78, 5) is 14.1. The van der Waals surface area contributed by atoms with E-state index in [9.17, 15) is 4.79 Å². The number of hydrogen-bond donors (Lipinski definition) is 1. The first kappa shape index (κ1) is 12.1. The van der Waals surface area contributed by atoms with Gasteiger partial charge in [0.2, 0.25) is 0 Å². The predicted octanol–water partition coefficient (Wildman–Crippen LogP) is 0.579. The Balaban J connectivity index is 2.21. The van der Waals surface area contributed by atoms with Crippen LogP contribution >= 0.6 is 0 Å². The highest BCUT2D eigenvalue weighted by molar-refractivity contribution is 5.95. The Morgan fingerprint density at radius 3 is 2.88 bits per heavy atom. The molecule has 0 radical (unpaired) electrons. The van der Waals surface area contributed by atoms with Crippen LogP contribution in [0.15, 0.2) is 6.20 Å². The topological polar surface area (TPSA) is 58.4 Å². The number of carbonyl (C=O) groups excluding carboxylic acids is 1. The van der Waals surface area contributed by atoms with Crippen molar-refractivity contribution in [2.45, 2.75) is 32.2 Å². The first-order valence-corrected chi connectivity index (χ1v) is 6.11. The minimum atomic E-state index is 0.00602. The van der Waals surface area contributed by atoms with Gasteiger partial charge in [-0.2, -0.15) is 5.10 Å². The number of nitrogens with zero attached hydrogens (tertiary/aromatic N) is 3. The molecular weight excluding hydrogens is 218 g/mol. The van der Waals surface area contributed by atoms with E-state index in [1.54, 1.807) is 15.8 Å². The van der Waals surface area contributed by atoms with Gasteiger partial charge >= 0.3 is 0 Å². The van der Waals surface area contributed by atoms with E-state index in [1.807, 2.05) is 14.0 Å². The first-order chi connectivity index (χ1) is 8.17. The number of rotatable bonds is 5. The van der Waals surface area contributed by atoms with Gasteiger partial charge in [-0.1, -0.05) is 6.92 Å². The highest BCUT2D eigenvalue weighted by Gasteiger charge is 2.33. The Morgan fingerprint density at radius 2 is 2.35 bits per heavy atom. The van der Waals surface area contributed by atoms with Crippen molar-refractivity contribution in [3.05, 3.63) is 17.5 Å². The van der Waals surface area contributed by atoms with E-state index in [2.05, 4.69) is 5.10 Å². The monoisotopic (exact) mass is 237 g/mol. The lowest BCUT2D eigenvalue weighted by molar-refractivity contribution is 0.0706. The van der Waals surface area contributed by atoms with Gasteiger partial charge in [0.15, 0.2) is 0 Å². The molecule has 1 aromatic rings. The van der Waals surface area contributed by atoms with Crippen LogP contribution in [0.1, 0.15) is 35.8 Å². The maximum Gasteiger partial charge on any atom is 0.257 e. The summed E-state index contributed by atoms with van der Waals surface area (Å²) in [6.45, 7) is 2.43. The van der Waals surface area contributed by atoms with E-state index in [0.29, 0.717) is 18.2 Å². The fourth-order valence-electron chi connectivity index (χ4n) is 2.07. The van der Waals surface area contributed by atoms with Crippen LogP contribution in [0.2, 0.25) is 0 Å². The van der Waals surface area contributed by atoms with Crippen molar-refractivity contribution in [1.29, 1.82) is 0 Å². The average Bonchev–Trinajstić information content (AvgIpc) is 3.08. The Morgan fingerprint density at radius 1 is 1.65 bits per heavy atom. The van der Waals surface area contributed by atoms with E-state index >= 15 is 0 Å². The molecule has 1 aliphatic rings. The van der Waals surface area contributed by atoms with Crippen LogP contribution in [0.4, 0.5) is 0 Å². The molecule has 1 aliphatic carbocycles. The molecule has 1 heterocycles. The Hall–Kier alpha value is -1.36. The fraction of sp³-hybridized carbons (Fsp3) is 0.667. The van der Waals surface area contributed by atoms with Crippen molar-refractivity contribution < 1.29 is 9.90 Å². The van der Waals surface area contributed by atoms with Gasteiger partial charge in [-0.15, -0.1) is 0 Å². The second-order valence-electron chi connectivity index (χ2n) is 4.47. The maximum absolute atomic E-state index is 12.4. The molecule has 5 nitrogen and oxygen atoms in total. The van der Waals surface area contributed by atoms with E-state index in [0.717, 1.165) is 25.0 Å². The molecule has 1 aromatic heterocycles. The molecule has 1 N–H and O–H groups in total. The second kappa shape index (κ2) is 4.87. The third-order valence-electron chi connectivity index (χ3n) is 3.06. The van der Waals surface area contributed by atoms with Crippen molar-refractivity contribution in [1.82, 2.24) is 14.7 Å². The molecule has 0 atom stereocenters. The lowest BCUT2D eigenvalue weighted by atomic mass is 10.2. The standard InChI is InChI=1S/C12H19N3O2/c1-3-11-10(8-14(2)13-11)12(17)15(6-7-16)9-4-5-9/h8-9,16H,3-7H2,1-2H3. The van der Waals surface area contributed by atoms with Gasteiger partial charge in [-0.05, 0) is 19.3 Å². The van der Waals surface area contributed by atoms with Crippen LogP contribution in [-0.4, -0.2) is 44.9 Å². The summed E-state index contributed by atoms with van der Waals surface area (Å²) in [5, 5.41) is 13.3. The number of amides is 1. The molecule has 0 bridgehead atoms. The normalized spacial score (nSPS) is 15.0. The minimum absolute atomic E-state index is 0.00602. The molecule has 1 amide bonds. The van der Waals surface area contributed by atoms with Gasteiger partial charge in [-0.25, -0.2) is 0 Å². The van der Waals surface area contributed by atoms with Crippen molar-refractivity contribution in [3.8, 4) is 0 Å². The maximum atomic E-state index is 12.4. The molecule has 2 rings (SSSR count). The van der Waals surface area contributed by atoms with Crippen molar-refractivity contribution in [3.63, 3.8) is 0 Å². The molecule has 0 saturated heterocycles. The summed E-state index contributed by atoms with van der Waals surface area (Å²) < 4.78 is 1.68. The Kier molecular flexibility index (Phi) is 3.47. The summed E-state index contributed by atoms with van der Waals surface area (Å²) in [6.07, 6.45) is 4.62. The SMILES string of the molecule is CCc1nn(C)cc1C(=O)N(CCO)C1CC1. The number of aliphatic hydroxyl groups excluding tert-OH is 1. The number of aryl methyl sites for hydroxylation is 2. The van der Waals surface area contributed by atoms with Gasteiger partial charge in [0.25, 0.3) is 5.91 Å². The van der Waals surface area contributed by atoms with Gasteiger partial charge in [0.05, 0.1) is 17.9 Å². The highest BCUT2D eigenvalue weighted by atomic mass is 16.3. The highest BCUT2D eigenvalue weighted by Crippen LogP contribution is 2.28. The second-order valence-corrected chi connectivity index (χ2v) is 4.47. The van der Waals surface area contributed by atoms with Gasteiger partial charge in [-0.3, -0.25) is 9.48 Å². The summed E-state index contributed by atoms with van der Waals surface area (Å²) in [5.74, 6) is 0.00602. The third kappa shape index (κ3) is 2.49. The Bertz CT molecular complexity index is 410. The third-order valence-corrected chi connectivity index (χ3v) is 3.06.